The molecule has 1 unspecified atom stereocenters. The first kappa shape index (κ1) is 15.9. The van der Waals surface area contributed by atoms with Gasteiger partial charge in [-0.1, -0.05) is 0 Å². The van der Waals surface area contributed by atoms with Crippen molar-refractivity contribution in [3.05, 3.63) is 24.0 Å². The summed E-state index contributed by atoms with van der Waals surface area (Å²) in [5.74, 6) is 0.225. The van der Waals surface area contributed by atoms with Crippen molar-refractivity contribution in [2.75, 3.05) is 7.11 Å². The van der Waals surface area contributed by atoms with Crippen molar-refractivity contribution in [3.8, 4) is 5.75 Å². The SMILES string of the molecule is COc1cncc(C(=O)C(C)NC(=O)OC(C)(C)C)c1. The lowest BCUT2D eigenvalue weighted by Gasteiger charge is -2.21. The van der Waals surface area contributed by atoms with Crippen LogP contribution in [-0.2, 0) is 4.74 Å². The summed E-state index contributed by atoms with van der Waals surface area (Å²) in [5, 5.41) is 2.49. The smallest absolute Gasteiger partial charge is 0.408 e. The molecule has 1 aromatic rings. The number of ether oxygens (including phenoxy) is 2. The predicted molar refractivity (Wildman–Crippen MR) is 74.0 cm³/mol. The molecule has 0 saturated carbocycles. The van der Waals surface area contributed by atoms with Crippen molar-refractivity contribution in [2.24, 2.45) is 0 Å². The Bertz CT molecular complexity index is 494. The molecular formula is C14H20N2O4. The van der Waals surface area contributed by atoms with Crippen LogP contribution in [0.3, 0.4) is 0 Å². The lowest BCUT2D eigenvalue weighted by Crippen LogP contribution is -2.41. The summed E-state index contributed by atoms with van der Waals surface area (Å²) in [7, 11) is 1.49. The fourth-order valence-corrected chi connectivity index (χ4v) is 1.47. The first-order valence-electron chi connectivity index (χ1n) is 6.25. The average Bonchev–Trinajstić information content (AvgIpc) is 2.35. The molecule has 110 valence electrons. The number of Topliss-reactive ketones (excluding diaryl/α,β-unsaturated/α-hetero) is 1. The van der Waals surface area contributed by atoms with E-state index in [1.807, 2.05) is 0 Å². The maximum atomic E-state index is 12.1. The molecule has 0 saturated heterocycles. The van der Waals surface area contributed by atoms with E-state index in [1.165, 1.54) is 19.5 Å². The number of hydrogen-bond donors (Lipinski definition) is 1. The number of amides is 1. The summed E-state index contributed by atoms with van der Waals surface area (Å²) in [6, 6.07) is 0.863. The van der Waals surface area contributed by atoms with E-state index in [2.05, 4.69) is 10.3 Å². The molecule has 1 heterocycles. The van der Waals surface area contributed by atoms with Crippen LogP contribution < -0.4 is 10.1 Å². The van der Waals surface area contributed by atoms with Gasteiger partial charge in [0.15, 0.2) is 5.78 Å². The Morgan fingerprint density at radius 3 is 2.50 bits per heavy atom. The van der Waals surface area contributed by atoms with Crippen LogP contribution in [0.2, 0.25) is 0 Å². The molecule has 0 aromatic carbocycles. The van der Waals surface area contributed by atoms with E-state index in [4.69, 9.17) is 9.47 Å². The zero-order valence-corrected chi connectivity index (χ0v) is 12.4. The Morgan fingerprint density at radius 2 is 1.95 bits per heavy atom. The van der Waals surface area contributed by atoms with Gasteiger partial charge in [-0.15, -0.1) is 0 Å². The number of rotatable bonds is 4. The van der Waals surface area contributed by atoms with E-state index >= 15 is 0 Å². The second-order valence-corrected chi connectivity index (χ2v) is 5.35. The topological polar surface area (TPSA) is 77.5 Å². The van der Waals surface area contributed by atoms with E-state index in [0.717, 1.165) is 0 Å². The third-order valence-electron chi connectivity index (χ3n) is 2.36. The Labute approximate surface area is 118 Å². The van der Waals surface area contributed by atoms with Crippen LogP contribution >= 0.6 is 0 Å². The van der Waals surface area contributed by atoms with Crippen molar-refractivity contribution >= 4 is 11.9 Å². The monoisotopic (exact) mass is 280 g/mol. The quantitative estimate of drug-likeness (QED) is 0.855. The Hall–Kier alpha value is -2.11. The van der Waals surface area contributed by atoms with Gasteiger partial charge in [0.2, 0.25) is 0 Å². The highest BCUT2D eigenvalue weighted by Gasteiger charge is 2.22. The summed E-state index contributed by atoms with van der Waals surface area (Å²) in [6.07, 6.45) is 2.30. The first-order valence-corrected chi connectivity index (χ1v) is 6.25. The van der Waals surface area contributed by atoms with E-state index < -0.39 is 17.7 Å². The molecule has 0 aliphatic rings. The number of ketones is 1. The van der Waals surface area contributed by atoms with Crippen LogP contribution in [0.5, 0.6) is 5.75 Å². The molecule has 6 nitrogen and oxygen atoms in total. The van der Waals surface area contributed by atoms with E-state index in [1.54, 1.807) is 33.8 Å². The molecule has 0 radical (unpaired) electrons. The van der Waals surface area contributed by atoms with Crippen LogP contribution in [0.25, 0.3) is 0 Å². The van der Waals surface area contributed by atoms with Gasteiger partial charge in [-0.05, 0) is 33.8 Å². The molecule has 0 spiro atoms. The Balaban J connectivity index is 2.69. The summed E-state index contributed by atoms with van der Waals surface area (Å²) in [5.41, 5.74) is -0.238. The fourth-order valence-electron chi connectivity index (χ4n) is 1.47. The van der Waals surface area contributed by atoms with Gasteiger partial charge in [0, 0.05) is 11.8 Å². The molecule has 0 aliphatic heterocycles. The fraction of sp³-hybridized carbons (Fsp3) is 0.500. The number of nitrogens with zero attached hydrogens (tertiary/aromatic N) is 1. The highest BCUT2D eigenvalue weighted by molar-refractivity contribution is 6.01. The molecule has 6 heteroatoms. The minimum Gasteiger partial charge on any atom is -0.495 e. The average molecular weight is 280 g/mol. The van der Waals surface area contributed by atoms with Crippen molar-refractivity contribution < 1.29 is 19.1 Å². The maximum Gasteiger partial charge on any atom is 0.408 e. The molecule has 1 rings (SSSR count). The number of carbonyl (C=O) groups is 2. The second kappa shape index (κ2) is 6.36. The van der Waals surface area contributed by atoms with E-state index in [-0.39, 0.29) is 5.78 Å². The molecule has 1 aromatic heterocycles. The molecule has 1 atom stereocenters. The number of nitrogens with one attached hydrogen (secondary N) is 1. The van der Waals surface area contributed by atoms with Crippen LogP contribution in [0.4, 0.5) is 4.79 Å². The summed E-state index contributed by atoms with van der Waals surface area (Å²) in [4.78, 5) is 27.7. The van der Waals surface area contributed by atoms with E-state index in [0.29, 0.717) is 11.3 Å². The van der Waals surface area contributed by atoms with Crippen LogP contribution in [0.15, 0.2) is 18.5 Å². The maximum absolute atomic E-state index is 12.1. The number of pyridine rings is 1. The third kappa shape index (κ3) is 4.87. The highest BCUT2D eigenvalue weighted by Crippen LogP contribution is 2.12. The van der Waals surface area contributed by atoms with Crippen molar-refractivity contribution in [1.82, 2.24) is 10.3 Å². The van der Waals surface area contributed by atoms with E-state index in [9.17, 15) is 9.59 Å². The standard InChI is InChI=1S/C14H20N2O4/c1-9(16-13(18)20-14(2,3)4)12(17)10-6-11(19-5)8-15-7-10/h6-9H,1-5H3,(H,16,18). The summed E-state index contributed by atoms with van der Waals surface area (Å²) < 4.78 is 10.1. The number of methoxy groups -OCH3 is 1. The van der Waals surface area contributed by atoms with Crippen molar-refractivity contribution in [2.45, 2.75) is 39.3 Å². The van der Waals surface area contributed by atoms with Crippen LogP contribution in [-0.4, -0.2) is 35.6 Å². The molecule has 20 heavy (non-hydrogen) atoms. The molecule has 1 N–H and O–H groups in total. The Kier molecular flexibility index (Phi) is 5.07. The van der Waals surface area contributed by atoms with Gasteiger partial charge in [-0.3, -0.25) is 9.78 Å². The molecule has 0 bridgehead atoms. The predicted octanol–water partition coefficient (Wildman–Crippen LogP) is 2.19. The molecular weight excluding hydrogens is 260 g/mol. The first-order chi connectivity index (χ1) is 9.23. The van der Waals surface area contributed by atoms with Crippen LogP contribution in [0, 0.1) is 0 Å². The lowest BCUT2D eigenvalue weighted by atomic mass is 10.1. The molecule has 1 amide bonds. The zero-order valence-electron chi connectivity index (χ0n) is 12.4. The van der Waals surface area contributed by atoms with Gasteiger partial charge in [0.1, 0.15) is 11.4 Å². The van der Waals surface area contributed by atoms with Gasteiger partial charge >= 0.3 is 6.09 Å². The van der Waals surface area contributed by atoms with Crippen molar-refractivity contribution in [3.63, 3.8) is 0 Å². The van der Waals surface area contributed by atoms with Crippen LogP contribution in [0.1, 0.15) is 38.1 Å². The van der Waals surface area contributed by atoms with Gasteiger partial charge in [0.05, 0.1) is 19.3 Å². The highest BCUT2D eigenvalue weighted by atomic mass is 16.6. The number of carbonyl (C=O) groups excluding carboxylic acids is 2. The Morgan fingerprint density at radius 1 is 1.30 bits per heavy atom. The second-order valence-electron chi connectivity index (χ2n) is 5.35. The van der Waals surface area contributed by atoms with Gasteiger partial charge < -0.3 is 14.8 Å². The minimum atomic E-state index is -0.709. The minimum absolute atomic E-state index is 0.262. The summed E-state index contributed by atoms with van der Waals surface area (Å²) in [6.45, 7) is 6.85. The van der Waals surface area contributed by atoms with Gasteiger partial charge in [-0.2, -0.15) is 0 Å². The van der Waals surface area contributed by atoms with Crippen molar-refractivity contribution in [1.29, 1.82) is 0 Å². The lowest BCUT2D eigenvalue weighted by molar-refractivity contribution is 0.0496. The molecule has 0 fully saturated rings. The van der Waals surface area contributed by atoms with Gasteiger partial charge in [-0.25, -0.2) is 4.79 Å². The number of hydrogen-bond acceptors (Lipinski definition) is 5. The van der Waals surface area contributed by atoms with Gasteiger partial charge in [0.25, 0.3) is 0 Å². The normalized spacial score (nSPS) is 12.4. The zero-order chi connectivity index (χ0) is 15.3. The number of aromatic nitrogens is 1. The summed E-state index contributed by atoms with van der Waals surface area (Å²) >= 11 is 0. The third-order valence-corrected chi connectivity index (χ3v) is 2.36. The molecule has 0 aliphatic carbocycles. The number of alkyl carbamates (subject to hydrolysis) is 1. The largest absolute Gasteiger partial charge is 0.495 e.